The van der Waals surface area contributed by atoms with Gasteiger partial charge in [-0.1, -0.05) is 6.92 Å². The van der Waals surface area contributed by atoms with Crippen LogP contribution in [-0.2, 0) is 7.05 Å². The van der Waals surface area contributed by atoms with E-state index in [0.29, 0.717) is 33.7 Å². The minimum absolute atomic E-state index is 0.174. The highest BCUT2D eigenvalue weighted by Crippen LogP contribution is 2.27. The number of hydrogen-bond donors (Lipinski definition) is 2. The zero-order valence-corrected chi connectivity index (χ0v) is 17.3. The van der Waals surface area contributed by atoms with Crippen LogP contribution >= 0.6 is 11.3 Å². The zero-order chi connectivity index (χ0) is 20.5. The summed E-state index contributed by atoms with van der Waals surface area (Å²) in [4.78, 5) is 25.2. The number of carbonyl (C=O) groups is 1. The molecule has 2 atom stereocenters. The Morgan fingerprint density at radius 3 is 3.10 bits per heavy atom. The van der Waals surface area contributed by atoms with Gasteiger partial charge in [0.25, 0.3) is 5.91 Å². The SMILES string of the molecule is CC[C@@H]1CN[C@H](C)CN1c1cnc2scc(C(=O)Nc3cn(C)nc3C#N)c2n1. The Kier molecular flexibility index (Phi) is 5.17. The van der Waals surface area contributed by atoms with Crippen molar-refractivity contribution in [1.82, 2.24) is 25.1 Å². The topological polar surface area (TPSA) is 112 Å². The largest absolute Gasteiger partial charge is 0.350 e. The smallest absolute Gasteiger partial charge is 0.258 e. The molecule has 1 aliphatic heterocycles. The van der Waals surface area contributed by atoms with Crippen LogP contribution in [0, 0.1) is 11.3 Å². The van der Waals surface area contributed by atoms with Crippen LogP contribution in [0.5, 0.6) is 0 Å². The summed E-state index contributed by atoms with van der Waals surface area (Å²) in [5, 5.41) is 21.2. The molecule has 0 saturated carbocycles. The summed E-state index contributed by atoms with van der Waals surface area (Å²) in [5.74, 6) is 0.456. The van der Waals surface area contributed by atoms with Gasteiger partial charge < -0.3 is 15.5 Å². The summed E-state index contributed by atoms with van der Waals surface area (Å²) < 4.78 is 1.49. The van der Waals surface area contributed by atoms with E-state index < -0.39 is 0 Å². The lowest BCUT2D eigenvalue weighted by Crippen LogP contribution is -2.55. The van der Waals surface area contributed by atoms with E-state index in [2.05, 4.69) is 39.5 Å². The van der Waals surface area contributed by atoms with Gasteiger partial charge in [-0.2, -0.15) is 10.4 Å². The Morgan fingerprint density at radius 1 is 1.52 bits per heavy atom. The van der Waals surface area contributed by atoms with Crippen LogP contribution in [0.4, 0.5) is 11.5 Å². The van der Waals surface area contributed by atoms with Crippen LogP contribution in [-0.4, -0.2) is 50.8 Å². The third-order valence-electron chi connectivity index (χ3n) is 5.08. The molecule has 10 heteroatoms. The maximum atomic E-state index is 12.9. The molecular formula is C19H22N8OS. The standard InChI is InChI=1S/C19H22N8OS/c1-4-12-6-21-11(2)8-27(12)16-7-22-19-17(24-16)13(10-29-19)18(28)23-15-9-26(3)25-14(15)5-20/h7,9-12,21H,4,6,8H2,1-3H3,(H,23,28)/t11-,12-/m1/s1. The molecule has 4 heterocycles. The molecule has 29 heavy (non-hydrogen) atoms. The van der Waals surface area contributed by atoms with Crippen LogP contribution in [0.15, 0.2) is 17.8 Å². The number of nitrogens with zero attached hydrogens (tertiary/aromatic N) is 6. The zero-order valence-electron chi connectivity index (χ0n) is 16.5. The number of aromatic nitrogens is 4. The van der Waals surface area contributed by atoms with Gasteiger partial charge in [0.15, 0.2) is 5.69 Å². The Bertz CT molecular complexity index is 1100. The molecule has 1 saturated heterocycles. The molecule has 0 unspecified atom stereocenters. The van der Waals surface area contributed by atoms with Gasteiger partial charge in [-0.15, -0.1) is 11.3 Å². The van der Waals surface area contributed by atoms with Gasteiger partial charge in [-0.3, -0.25) is 9.48 Å². The van der Waals surface area contributed by atoms with E-state index in [1.54, 1.807) is 24.8 Å². The second-order valence-corrected chi connectivity index (χ2v) is 8.04. The number of hydrogen-bond acceptors (Lipinski definition) is 8. The highest BCUT2D eigenvalue weighted by Gasteiger charge is 2.27. The van der Waals surface area contributed by atoms with Crippen molar-refractivity contribution in [3.63, 3.8) is 0 Å². The first-order valence-corrected chi connectivity index (χ1v) is 10.4. The van der Waals surface area contributed by atoms with Gasteiger partial charge in [0.05, 0.1) is 17.4 Å². The third-order valence-corrected chi connectivity index (χ3v) is 5.95. The molecule has 4 rings (SSSR count). The Labute approximate surface area is 172 Å². The van der Waals surface area contributed by atoms with Gasteiger partial charge in [-0.05, 0) is 13.3 Å². The number of rotatable bonds is 4. The number of carbonyl (C=O) groups excluding carboxylic acids is 1. The average molecular weight is 411 g/mol. The van der Waals surface area contributed by atoms with Crippen molar-refractivity contribution in [2.45, 2.75) is 32.4 Å². The van der Waals surface area contributed by atoms with Crippen molar-refractivity contribution in [1.29, 1.82) is 5.26 Å². The molecule has 0 radical (unpaired) electrons. The number of nitriles is 1. The van der Waals surface area contributed by atoms with E-state index in [9.17, 15) is 10.1 Å². The second kappa shape index (κ2) is 7.77. The quantitative estimate of drug-likeness (QED) is 0.677. The summed E-state index contributed by atoms with van der Waals surface area (Å²) in [6.45, 7) is 6.04. The van der Waals surface area contributed by atoms with Crippen molar-refractivity contribution < 1.29 is 4.79 Å². The normalized spacial score (nSPS) is 19.3. The second-order valence-electron chi connectivity index (χ2n) is 7.19. The van der Waals surface area contributed by atoms with E-state index >= 15 is 0 Å². The van der Waals surface area contributed by atoms with Gasteiger partial charge >= 0.3 is 0 Å². The number of amides is 1. The molecule has 9 nitrogen and oxygen atoms in total. The van der Waals surface area contributed by atoms with E-state index in [1.807, 2.05) is 6.07 Å². The summed E-state index contributed by atoms with van der Waals surface area (Å²) in [6.07, 6.45) is 4.39. The molecule has 0 aromatic carbocycles. The van der Waals surface area contributed by atoms with E-state index in [4.69, 9.17) is 4.98 Å². The minimum atomic E-state index is -0.326. The van der Waals surface area contributed by atoms with Gasteiger partial charge in [-0.25, -0.2) is 9.97 Å². The summed E-state index contributed by atoms with van der Waals surface area (Å²) in [6, 6.07) is 2.68. The highest BCUT2D eigenvalue weighted by molar-refractivity contribution is 7.17. The number of thiophene rings is 1. The lowest BCUT2D eigenvalue weighted by atomic mass is 10.1. The first-order valence-electron chi connectivity index (χ1n) is 9.49. The highest BCUT2D eigenvalue weighted by atomic mass is 32.1. The van der Waals surface area contributed by atoms with Gasteiger partial charge in [0, 0.05) is 43.8 Å². The molecular weight excluding hydrogens is 388 g/mol. The van der Waals surface area contributed by atoms with Crippen LogP contribution < -0.4 is 15.5 Å². The molecule has 150 valence electrons. The van der Waals surface area contributed by atoms with Crippen molar-refractivity contribution in [2.75, 3.05) is 23.3 Å². The van der Waals surface area contributed by atoms with E-state index in [-0.39, 0.29) is 11.6 Å². The number of aryl methyl sites for hydroxylation is 1. The molecule has 0 bridgehead atoms. The fourth-order valence-electron chi connectivity index (χ4n) is 3.55. The lowest BCUT2D eigenvalue weighted by Gasteiger charge is -2.39. The van der Waals surface area contributed by atoms with Gasteiger partial charge in [0.2, 0.25) is 0 Å². The van der Waals surface area contributed by atoms with Crippen LogP contribution in [0.25, 0.3) is 10.3 Å². The molecule has 1 fully saturated rings. The van der Waals surface area contributed by atoms with Crippen molar-refractivity contribution in [3.05, 3.63) is 29.0 Å². The molecule has 1 aliphatic rings. The van der Waals surface area contributed by atoms with Crippen LogP contribution in [0.1, 0.15) is 36.3 Å². The Balaban J connectivity index is 1.66. The fourth-order valence-corrected chi connectivity index (χ4v) is 4.38. The maximum absolute atomic E-state index is 12.9. The predicted molar refractivity (Wildman–Crippen MR) is 112 cm³/mol. The van der Waals surface area contributed by atoms with E-state index in [0.717, 1.165) is 25.3 Å². The molecule has 2 N–H and O–H groups in total. The van der Waals surface area contributed by atoms with Crippen molar-refractivity contribution >= 4 is 39.1 Å². The lowest BCUT2D eigenvalue weighted by molar-refractivity contribution is 0.102. The number of nitrogens with one attached hydrogen (secondary N) is 2. The molecule has 3 aromatic heterocycles. The fraction of sp³-hybridized carbons (Fsp3) is 0.421. The van der Waals surface area contributed by atoms with Crippen LogP contribution in [0.2, 0.25) is 0 Å². The first-order chi connectivity index (χ1) is 14.0. The average Bonchev–Trinajstić information content (AvgIpc) is 3.30. The summed E-state index contributed by atoms with van der Waals surface area (Å²) >= 11 is 1.38. The minimum Gasteiger partial charge on any atom is -0.350 e. The van der Waals surface area contributed by atoms with E-state index in [1.165, 1.54) is 16.0 Å². The molecule has 0 spiro atoms. The molecule has 3 aromatic rings. The van der Waals surface area contributed by atoms with Crippen molar-refractivity contribution in [3.8, 4) is 6.07 Å². The summed E-state index contributed by atoms with van der Waals surface area (Å²) in [5.41, 5.74) is 1.58. The third kappa shape index (κ3) is 3.66. The van der Waals surface area contributed by atoms with Crippen molar-refractivity contribution in [2.24, 2.45) is 7.05 Å². The Morgan fingerprint density at radius 2 is 2.34 bits per heavy atom. The predicted octanol–water partition coefficient (Wildman–Crippen LogP) is 2.13. The maximum Gasteiger partial charge on any atom is 0.258 e. The number of fused-ring (bicyclic) bond motifs is 1. The molecule has 0 aliphatic carbocycles. The first kappa shape index (κ1) is 19.3. The monoisotopic (exact) mass is 410 g/mol. The summed E-state index contributed by atoms with van der Waals surface area (Å²) in [7, 11) is 1.70. The van der Waals surface area contributed by atoms with Crippen LogP contribution in [0.3, 0.4) is 0 Å². The Hall–Kier alpha value is -3.03. The number of anilines is 2. The molecule has 1 amide bonds. The number of piperazine rings is 1. The van der Waals surface area contributed by atoms with Gasteiger partial charge in [0.1, 0.15) is 22.2 Å².